The van der Waals surface area contributed by atoms with E-state index in [1.54, 1.807) is 11.3 Å². The lowest BCUT2D eigenvalue weighted by molar-refractivity contribution is 0.197. The molecule has 0 aliphatic carbocycles. The molecule has 0 unspecified atom stereocenters. The van der Waals surface area contributed by atoms with Crippen LogP contribution in [0.25, 0.3) is 0 Å². The molecule has 3 nitrogen and oxygen atoms in total. The number of hydrogen-bond donors (Lipinski definition) is 2. The van der Waals surface area contributed by atoms with Crippen LogP contribution < -0.4 is 5.32 Å². The number of phenolic OH excluding ortho intramolecular Hbond substituents is 1. The van der Waals surface area contributed by atoms with E-state index in [1.165, 1.54) is 18.2 Å². The van der Waals surface area contributed by atoms with Gasteiger partial charge >= 0.3 is 0 Å². The third-order valence-electron chi connectivity index (χ3n) is 3.61. The minimum atomic E-state index is -0.311. The predicted octanol–water partition coefficient (Wildman–Crippen LogP) is 3.01. The van der Waals surface area contributed by atoms with E-state index in [1.807, 2.05) is 17.5 Å². The number of nitrogens with zero attached hydrogens (tertiary/aromatic N) is 1. The van der Waals surface area contributed by atoms with Crippen molar-refractivity contribution in [3.05, 3.63) is 52.0 Å². The van der Waals surface area contributed by atoms with Crippen molar-refractivity contribution in [3.8, 4) is 5.75 Å². The van der Waals surface area contributed by atoms with Gasteiger partial charge in [-0.25, -0.2) is 4.39 Å². The zero-order valence-electron chi connectivity index (χ0n) is 11.5. The Labute approximate surface area is 133 Å². The molecule has 1 aromatic carbocycles. The number of thiophene rings is 1. The van der Waals surface area contributed by atoms with Crippen molar-refractivity contribution >= 4 is 23.7 Å². The number of piperazine rings is 1. The lowest BCUT2D eigenvalue weighted by Crippen LogP contribution is -2.45. The summed E-state index contributed by atoms with van der Waals surface area (Å²) in [6.45, 7) is 3.60. The fourth-order valence-electron chi connectivity index (χ4n) is 2.66. The van der Waals surface area contributed by atoms with E-state index in [2.05, 4.69) is 10.2 Å². The van der Waals surface area contributed by atoms with E-state index in [9.17, 15) is 9.50 Å². The SMILES string of the molecule is Cl.Oc1ccc(F)cc1[C@@H](c1cccs1)N1CCNCC1. The highest BCUT2D eigenvalue weighted by Crippen LogP contribution is 2.36. The minimum absolute atomic E-state index is 0. The van der Waals surface area contributed by atoms with Crippen LogP contribution in [0, 0.1) is 5.82 Å². The molecule has 1 saturated heterocycles. The van der Waals surface area contributed by atoms with Crippen LogP contribution >= 0.6 is 23.7 Å². The molecule has 21 heavy (non-hydrogen) atoms. The number of aromatic hydroxyl groups is 1. The van der Waals surface area contributed by atoms with E-state index >= 15 is 0 Å². The Kier molecular flexibility index (Phi) is 5.58. The number of rotatable bonds is 3. The molecule has 0 amide bonds. The average Bonchev–Trinajstić information content (AvgIpc) is 2.98. The van der Waals surface area contributed by atoms with E-state index in [0.717, 1.165) is 31.1 Å². The molecule has 1 atom stereocenters. The second kappa shape index (κ2) is 7.22. The van der Waals surface area contributed by atoms with Crippen LogP contribution in [-0.2, 0) is 0 Å². The fourth-order valence-corrected chi connectivity index (χ4v) is 3.54. The topological polar surface area (TPSA) is 35.5 Å². The number of benzene rings is 1. The van der Waals surface area contributed by atoms with Crippen LogP contribution in [0.4, 0.5) is 4.39 Å². The van der Waals surface area contributed by atoms with Crippen molar-refractivity contribution in [1.82, 2.24) is 10.2 Å². The molecule has 3 rings (SSSR count). The second-order valence-corrected chi connectivity index (χ2v) is 5.89. The molecule has 114 valence electrons. The maximum atomic E-state index is 13.6. The first-order valence-electron chi connectivity index (χ1n) is 6.72. The second-order valence-electron chi connectivity index (χ2n) is 4.91. The monoisotopic (exact) mass is 328 g/mol. The fraction of sp³-hybridized carbons (Fsp3) is 0.333. The molecule has 1 aliphatic rings. The van der Waals surface area contributed by atoms with Crippen molar-refractivity contribution in [2.24, 2.45) is 0 Å². The van der Waals surface area contributed by atoms with Gasteiger partial charge in [0.25, 0.3) is 0 Å². The van der Waals surface area contributed by atoms with Gasteiger partial charge in [-0.3, -0.25) is 4.90 Å². The summed E-state index contributed by atoms with van der Waals surface area (Å²) in [7, 11) is 0. The van der Waals surface area contributed by atoms with Crippen LogP contribution in [0.3, 0.4) is 0 Å². The van der Waals surface area contributed by atoms with E-state index in [-0.39, 0.29) is 30.0 Å². The van der Waals surface area contributed by atoms with Gasteiger partial charge < -0.3 is 10.4 Å². The highest BCUT2D eigenvalue weighted by Gasteiger charge is 2.27. The maximum Gasteiger partial charge on any atom is 0.123 e. The van der Waals surface area contributed by atoms with Crippen LogP contribution in [0.2, 0.25) is 0 Å². The lowest BCUT2D eigenvalue weighted by atomic mass is 10.0. The van der Waals surface area contributed by atoms with Gasteiger partial charge in [-0.2, -0.15) is 0 Å². The Morgan fingerprint density at radius 2 is 2.00 bits per heavy atom. The summed E-state index contributed by atoms with van der Waals surface area (Å²) in [5.41, 5.74) is 0.648. The van der Waals surface area contributed by atoms with Crippen molar-refractivity contribution in [2.45, 2.75) is 6.04 Å². The third kappa shape index (κ3) is 3.55. The van der Waals surface area contributed by atoms with Gasteiger partial charge in [0.1, 0.15) is 11.6 Å². The van der Waals surface area contributed by atoms with Gasteiger partial charge in [-0.15, -0.1) is 23.7 Å². The molecule has 2 N–H and O–H groups in total. The third-order valence-corrected chi connectivity index (χ3v) is 4.54. The van der Waals surface area contributed by atoms with Crippen molar-refractivity contribution in [3.63, 3.8) is 0 Å². The summed E-state index contributed by atoms with van der Waals surface area (Å²) in [6.07, 6.45) is 0. The normalized spacial score (nSPS) is 17.2. The van der Waals surface area contributed by atoms with E-state index < -0.39 is 0 Å². The smallest absolute Gasteiger partial charge is 0.123 e. The van der Waals surface area contributed by atoms with Gasteiger partial charge in [0, 0.05) is 36.6 Å². The molecule has 1 aliphatic heterocycles. The Morgan fingerprint density at radius 3 is 2.67 bits per heavy atom. The number of nitrogens with one attached hydrogen (secondary N) is 1. The number of phenols is 1. The first-order valence-corrected chi connectivity index (χ1v) is 7.60. The Balaban J connectivity index is 0.00000161. The molecule has 0 bridgehead atoms. The Hall–Kier alpha value is -1.14. The molecule has 1 fully saturated rings. The Morgan fingerprint density at radius 1 is 1.24 bits per heavy atom. The van der Waals surface area contributed by atoms with Crippen molar-refractivity contribution in [2.75, 3.05) is 26.2 Å². The van der Waals surface area contributed by atoms with Gasteiger partial charge in [0.2, 0.25) is 0 Å². The highest BCUT2D eigenvalue weighted by molar-refractivity contribution is 7.10. The first kappa shape index (κ1) is 16.2. The van der Waals surface area contributed by atoms with E-state index in [4.69, 9.17) is 0 Å². The summed E-state index contributed by atoms with van der Waals surface area (Å²) in [4.78, 5) is 3.42. The molecule has 0 radical (unpaired) electrons. The molecule has 0 spiro atoms. The van der Waals surface area contributed by atoms with Gasteiger partial charge in [0.15, 0.2) is 0 Å². The van der Waals surface area contributed by atoms with Crippen LogP contribution in [-0.4, -0.2) is 36.2 Å². The first-order chi connectivity index (χ1) is 9.75. The molecule has 2 heterocycles. The zero-order valence-corrected chi connectivity index (χ0v) is 13.1. The molecule has 1 aromatic heterocycles. The predicted molar refractivity (Wildman–Crippen MR) is 85.9 cm³/mol. The van der Waals surface area contributed by atoms with Crippen LogP contribution in [0.15, 0.2) is 35.7 Å². The summed E-state index contributed by atoms with van der Waals surface area (Å²) < 4.78 is 13.6. The van der Waals surface area contributed by atoms with Gasteiger partial charge in [-0.05, 0) is 29.6 Å². The molecule has 6 heteroatoms. The molecular weight excluding hydrogens is 311 g/mol. The zero-order chi connectivity index (χ0) is 13.9. The Bertz CT molecular complexity index is 573. The molecule has 2 aromatic rings. The number of halogens is 2. The summed E-state index contributed by atoms with van der Waals surface area (Å²) in [5.74, 6) is -0.155. The molecular formula is C15H18ClFN2OS. The van der Waals surface area contributed by atoms with Gasteiger partial charge in [-0.1, -0.05) is 6.07 Å². The largest absolute Gasteiger partial charge is 0.508 e. The maximum absolute atomic E-state index is 13.6. The summed E-state index contributed by atoms with van der Waals surface area (Å²) in [5, 5.41) is 15.5. The standard InChI is InChI=1S/C15H17FN2OS.ClH/c16-11-3-4-13(19)12(10-11)15(14-2-1-9-20-14)18-7-5-17-6-8-18;/h1-4,9-10,15,17,19H,5-8H2;1H/t15-;/m0./s1. The number of hydrogen-bond acceptors (Lipinski definition) is 4. The van der Waals surface area contributed by atoms with Crippen LogP contribution in [0.5, 0.6) is 5.75 Å². The minimum Gasteiger partial charge on any atom is -0.508 e. The highest BCUT2D eigenvalue weighted by atomic mass is 35.5. The van der Waals surface area contributed by atoms with E-state index in [0.29, 0.717) is 5.56 Å². The summed E-state index contributed by atoms with van der Waals surface area (Å²) >= 11 is 1.64. The van der Waals surface area contributed by atoms with Crippen molar-refractivity contribution < 1.29 is 9.50 Å². The van der Waals surface area contributed by atoms with Crippen molar-refractivity contribution in [1.29, 1.82) is 0 Å². The average molecular weight is 329 g/mol. The quantitative estimate of drug-likeness (QED) is 0.909. The summed E-state index contributed by atoms with van der Waals surface area (Å²) in [6, 6.07) is 8.14. The lowest BCUT2D eigenvalue weighted by Gasteiger charge is -2.35. The van der Waals surface area contributed by atoms with Crippen LogP contribution in [0.1, 0.15) is 16.5 Å². The van der Waals surface area contributed by atoms with Gasteiger partial charge in [0.05, 0.1) is 6.04 Å². The molecule has 0 saturated carbocycles.